The number of rotatable bonds is 7. The molecule has 1 unspecified atom stereocenters. The molecule has 0 saturated heterocycles. The summed E-state index contributed by atoms with van der Waals surface area (Å²) in [5.41, 5.74) is 2.53. The Morgan fingerprint density at radius 3 is 2.75 bits per heavy atom. The number of hydrogen-bond acceptors (Lipinski definition) is 5. The van der Waals surface area contributed by atoms with Gasteiger partial charge < -0.3 is 19.7 Å². The van der Waals surface area contributed by atoms with E-state index in [1.54, 1.807) is 24.3 Å². The molecule has 0 saturated carbocycles. The number of aryl methyl sites for hydroxylation is 1. The Labute approximate surface area is 172 Å². The summed E-state index contributed by atoms with van der Waals surface area (Å²) in [6.07, 6.45) is -0.946. The van der Waals surface area contributed by atoms with Crippen molar-refractivity contribution in [1.29, 1.82) is 0 Å². The molecule has 1 heterocycles. The number of amides is 1. The van der Waals surface area contributed by atoms with Crippen molar-refractivity contribution in [2.45, 2.75) is 13.0 Å². The molecule has 0 aliphatic heterocycles. The third-order valence-electron chi connectivity index (χ3n) is 3.93. The van der Waals surface area contributed by atoms with Crippen molar-refractivity contribution in [3.05, 3.63) is 69.9 Å². The van der Waals surface area contributed by atoms with Gasteiger partial charge in [-0.1, -0.05) is 64.3 Å². The van der Waals surface area contributed by atoms with Gasteiger partial charge in [0.15, 0.2) is 0 Å². The number of hydrogen-bond donors (Lipinski definition) is 2. The molecule has 6 nitrogen and oxygen atoms in total. The second kappa shape index (κ2) is 9.10. The van der Waals surface area contributed by atoms with Crippen LogP contribution in [-0.4, -0.2) is 35.4 Å². The van der Waals surface area contributed by atoms with Gasteiger partial charge in [0.2, 0.25) is 5.76 Å². The third kappa shape index (κ3) is 5.04. The maximum atomic E-state index is 12.2. The van der Waals surface area contributed by atoms with Gasteiger partial charge >= 0.3 is 0 Å². The minimum absolute atomic E-state index is 0.0302. The number of benzene rings is 2. The number of aromatic nitrogens is 1. The Balaban J connectivity index is 1.51. The van der Waals surface area contributed by atoms with Gasteiger partial charge in [0.25, 0.3) is 5.91 Å². The van der Waals surface area contributed by atoms with Crippen LogP contribution >= 0.6 is 23.2 Å². The molecule has 1 aromatic heterocycles. The molecule has 3 rings (SSSR count). The van der Waals surface area contributed by atoms with Crippen LogP contribution in [0.25, 0.3) is 11.3 Å². The summed E-state index contributed by atoms with van der Waals surface area (Å²) in [4.78, 5) is 12.2. The Hall–Kier alpha value is -2.54. The number of nitrogens with one attached hydrogen (secondary N) is 1. The zero-order valence-corrected chi connectivity index (χ0v) is 16.5. The lowest BCUT2D eigenvalue weighted by Gasteiger charge is -2.14. The van der Waals surface area contributed by atoms with E-state index in [2.05, 4.69) is 10.5 Å². The van der Waals surface area contributed by atoms with Crippen molar-refractivity contribution in [2.75, 3.05) is 13.2 Å². The van der Waals surface area contributed by atoms with Crippen LogP contribution in [0.1, 0.15) is 16.1 Å². The standard InChI is InChI=1S/C20H18Cl2N2O4/c1-12-5-7-13(8-6-12)16-9-18(28-24-16)20(26)23-10-14(25)11-27-17-4-2-3-15(21)19(17)22/h2-9,14,25H,10-11H2,1H3,(H,23,26). The first-order chi connectivity index (χ1) is 13.4. The number of aliphatic hydroxyl groups is 1. The number of halogens is 2. The van der Waals surface area contributed by atoms with Crippen molar-refractivity contribution < 1.29 is 19.2 Å². The summed E-state index contributed by atoms with van der Waals surface area (Å²) in [6.45, 7) is 1.89. The average molecular weight is 421 g/mol. The fourth-order valence-corrected chi connectivity index (χ4v) is 2.73. The molecule has 8 heteroatoms. The van der Waals surface area contributed by atoms with Crippen LogP contribution in [0.4, 0.5) is 0 Å². The van der Waals surface area contributed by atoms with Gasteiger partial charge in [-0.15, -0.1) is 0 Å². The fraction of sp³-hybridized carbons (Fsp3) is 0.200. The van der Waals surface area contributed by atoms with E-state index in [1.807, 2.05) is 31.2 Å². The zero-order chi connectivity index (χ0) is 20.1. The Kier molecular flexibility index (Phi) is 6.57. The molecule has 28 heavy (non-hydrogen) atoms. The van der Waals surface area contributed by atoms with E-state index in [0.717, 1.165) is 11.1 Å². The highest BCUT2D eigenvalue weighted by molar-refractivity contribution is 6.42. The van der Waals surface area contributed by atoms with Gasteiger partial charge in [0, 0.05) is 18.2 Å². The van der Waals surface area contributed by atoms with Gasteiger partial charge in [0.05, 0.1) is 5.02 Å². The summed E-state index contributed by atoms with van der Waals surface area (Å²) in [5, 5.41) is 17.1. The van der Waals surface area contributed by atoms with Crippen LogP contribution in [0.2, 0.25) is 10.0 Å². The molecule has 3 aromatic rings. The van der Waals surface area contributed by atoms with E-state index < -0.39 is 12.0 Å². The highest BCUT2D eigenvalue weighted by Crippen LogP contribution is 2.31. The van der Waals surface area contributed by atoms with Gasteiger partial charge in [-0.25, -0.2) is 0 Å². The van der Waals surface area contributed by atoms with E-state index in [1.165, 1.54) is 0 Å². The van der Waals surface area contributed by atoms with Crippen LogP contribution in [0.5, 0.6) is 5.75 Å². The van der Waals surface area contributed by atoms with Crippen LogP contribution < -0.4 is 10.1 Å². The van der Waals surface area contributed by atoms with Gasteiger partial charge in [-0.05, 0) is 19.1 Å². The summed E-state index contributed by atoms with van der Waals surface area (Å²) < 4.78 is 10.5. The van der Waals surface area contributed by atoms with Gasteiger partial charge in [0.1, 0.15) is 29.2 Å². The molecule has 1 amide bonds. The summed E-state index contributed by atoms with van der Waals surface area (Å²) in [5.74, 6) is -0.0650. The lowest BCUT2D eigenvalue weighted by Crippen LogP contribution is -2.35. The minimum atomic E-state index is -0.946. The minimum Gasteiger partial charge on any atom is -0.489 e. The molecule has 0 spiro atoms. The lowest BCUT2D eigenvalue weighted by atomic mass is 10.1. The molecule has 0 radical (unpaired) electrons. The second-order valence-corrected chi connectivity index (χ2v) is 6.95. The lowest BCUT2D eigenvalue weighted by molar-refractivity contribution is 0.0815. The Bertz CT molecular complexity index is 957. The predicted molar refractivity (Wildman–Crippen MR) is 107 cm³/mol. The van der Waals surface area contributed by atoms with E-state index in [-0.39, 0.29) is 23.9 Å². The second-order valence-electron chi connectivity index (χ2n) is 6.17. The fourth-order valence-electron chi connectivity index (χ4n) is 2.38. The summed E-state index contributed by atoms with van der Waals surface area (Å²) in [6, 6.07) is 14.2. The quantitative estimate of drug-likeness (QED) is 0.600. The molecular weight excluding hydrogens is 403 g/mol. The normalized spacial score (nSPS) is 11.9. The Morgan fingerprint density at radius 2 is 2.00 bits per heavy atom. The Morgan fingerprint density at radius 1 is 1.25 bits per heavy atom. The zero-order valence-electron chi connectivity index (χ0n) is 15.0. The maximum absolute atomic E-state index is 12.2. The third-order valence-corrected chi connectivity index (χ3v) is 4.73. The largest absolute Gasteiger partial charge is 0.489 e. The summed E-state index contributed by atoms with van der Waals surface area (Å²) in [7, 11) is 0. The van der Waals surface area contributed by atoms with Crippen LogP contribution in [0.15, 0.2) is 53.1 Å². The van der Waals surface area contributed by atoms with Gasteiger partial charge in [-0.3, -0.25) is 4.79 Å². The average Bonchev–Trinajstić information content (AvgIpc) is 3.18. The number of nitrogens with zero attached hydrogens (tertiary/aromatic N) is 1. The maximum Gasteiger partial charge on any atom is 0.290 e. The first-order valence-electron chi connectivity index (χ1n) is 8.51. The molecule has 0 bridgehead atoms. The summed E-state index contributed by atoms with van der Waals surface area (Å²) >= 11 is 11.9. The van der Waals surface area contributed by atoms with Crippen molar-refractivity contribution in [3.8, 4) is 17.0 Å². The molecule has 0 aliphatic carbocycles. The molecule has 146 valence electrons. The first kappa shape index (κ1) is 20.2. The van der Waals surface area contributed by atoms with E-state index in [9.17, 15) is 9.90 Å². The van der Waals surface area contributed by atoms with Crippen LogP contribution in [0, 0.1) is 6.92 Å². The van der Waals surface area contributed by atoms with Crippen LogP contribution in [-0.2, 0) is 0 Å². The number of ether oxygens (including phenoxy) is 1. The highest BCUT2D eigenvalue weighted by atomic mass is 35.5. The van der Waals surface area contributed by atoms with Crippen molar-refractivity contribution in [1.82, 2.24) is 10.5 Å². The van der Waals surface area contributed by atoms with Gasteiger partial charge in [-0.2, -0.15) is 0 Å². The molecule has 2 N–H and O–H groups in total. The molecular formula is C20H18Cl2N2O4. The molecule has 2 aromatic carbocycles. The van der Waals surface area contributed by atoms with Crippen molar-refractivity contribution in [2.24, 2.45) is 0 Å². The molecule has 0 fully saturated rings. The molecule has 1 atom stereocenters. The highest BCUT2D eigenvalue weighted by Gasteiger charge is 2.16. The van der Waals surface area contributed by atoms with Crippen molar-refractivity contribution >= 4 is 29.1 Å². The SMILES string of the molecule is Cc1ccc(-c2cc(C(=O)NCC(O)COc3cccc(Cl)c3Cl)on2)cc1. The van der Waals surface area contributed by atoms with Crippen LogP contribution in [0.3, 0.4) is 0 Å². The van der Waals surface area contributed by atoms with Crippen molar-refractivity contribution in [3.63, 3.8) is 0 Å². The van der Waals surface area contributed by atoms with E-state index in [0.29, 0.717) is 16.5 Å². The monoisotopic (exact) mass is 420 g/mol. The predicted octanol–water partition coefficient (Wildman–Crippen LogP) is 4.13. The number of carbonyl (C=O) groups is 1. The topological polar surface area (TPSA) is 84.6 Å². The van der Waals surface area contributed by atoms with E-state index in [4.69, 9.17) is 32.5 Å². The van der Waals surface area contributed by atoms with E-state index >= 15 is 0 Å². The smallest absolute Gasteiger partial charge is 0.290 e. The number of carbonyl (C=O) groups excluding carboxylic acids is 1. The molecule has 0 aliphatic rings. The number of aliphatic hydroxyl groups excluding tert-OH is 1. The first-order valence-corrected chi connectivity index (χ1v) is 9.26.